The molecule has 0 aromatic carbocycles. The van der Waals surface area contributed by atoms with Crippen molar-refractivity contribution in [2.24, 2.45) is 4.99 Å². The molecular weight excluding hydrogens is 390 g/mol. The summed E-state index contributed by atoms with van der Waals surface area (Å²) in [5.41, 5.74) is 8.58. The van der Waals surface area contributed by atoms with E-state index in [0.717, 1.165) is 33.2 Å². The summed E-state index contributed by atoms with van der Waals surface area (Å²) < 4.78 is 0. The number of hydrogen-bond acceptors (Lipinski definition) is 6. The number of nitrogens with one attached hydrogen (secondary N) is 1. The standard InChI is InChI=1S/C24H27N5S/c1-5-21(14-13-18(3)30-19(4)15-16-26-6-2)27-23-17-22(28-24(25)29-23)20-11-9-7-8-10-12-20/h5-7,9-17H,2-3,8H2,1,4H3,(H3,25,27,28,29)/b14-13-,19-15+,21-5+,26-16?. The van der Waals surface area contributed by atoms with E-state index in [-0.39, 0.29) is 5.95 Å². The summed E-state index contributed by atoms with van der Waals surface area (Å²) in [6.07, 6.45) is 22.1. The molecule has 6 heteroatoms. The smallest absolute Gasteiger partial charge is 0.222 e. The van der Waals surface area contributed by atoms with Crippen LogP contribution in [-0.4, -0.2) is 16.2 Å². The quantitative estimate of drug-likeness (QED) is 0.370. The molecule has 0 unspecified atom stereocenters. The van der Waals surface area contributed by atoms with Crippen LogP contribution in [0.5, 0.6) is 0 Å². The predicted molar refractivity (Wildman–Crippen MR) is 133 cm³/mol. The number of thioether (sulfide) groups is 1. The molecule has 0 radical (unpaired) electrons. The van der Waals surface area contributed by atoms with Crippen LogP contribution in [0.2, 0.25) is 0 Å². The number of allylic oxidation sites excluding steroid dienone is 11. The van der Waals surface area contributed by atoms with Crippen LogP contribution in [0.4, 0.5) is 11.8 Å². The Morgan fingerprint density at radius 1 is 1.30 bits per heavy atom. The third-order valence-corrected chi connectivity index (χ3v) is 4.70. The molecule has 5 nitrogen and oxygen atoms in total. The van der Waals surface area contributed by atoms with E-state index in [1.807, 2.05) is 62.4 Å². The summed E-state index contributed by atoms with van der Waals surface area (Å²) in [7, 11) is 0. The molecule has 0 saturated carbocycles. The van der Waals surface area contributed by atoms with Crippen molar-refractivity contribution in [2.45, 2.75) is 20.3 Å². The average Bonchev–Trinajstić information content (AvgIpc) is 3.00. The molecule has 30 heavy (non-hydrogen) atoms. The first kappa shape index (κ1) is 22.9. The first-order valence-corrected chi connectivity index (χ1v) is 10.3. The van der Waals surface area contributed by atoms with Crippen molar-refractivity contribution in [3.8, 4) is 0 Å². The Labute approximate surface area is 183 Å². The second kappa shape index (κ2) is 12.2. The van der Waals surface area contributed by atoms with E-state index in [1.54, 1.807) is 18.0 Å². The van der Waals surface area contributed by atoms with Crippen molar-refractivity contribution >= 4 is 35.3 Å². The van der Waals surface area contributed by atoms with Gasteiger partial charge in [0.2, 0.25) is 5.95 Å². The van der Waals surface area contributed by atoms with Crippen molar-refractivity contribution < 1.29 is 0 Å². The summed E-state index contributed by atoms with van der Waals surface area (Å²) in [5.74, 6) is 0.853. The fourth-order valence-electron chi connectivity index (χ4n) is 2.45. The van der Waals surface area contributed by atoms with E-state index < -0.39 is 0 Å². The minimum atomic E-state index is 0.221. The average molecular weight is 418 g/mol. The highest BCUT2D eigenvalue weighted by Crippen LogP contribution is 2.25. The van der Waals surface area contributed by atoms with Gasteiger partial charge in [0.1, 0.15) is 5.82 Å². The van der Waals surface area contributed by atoms with Crippen molar-refractivity contribution in [1.82, 2.24) is 9.97 Å². The van der Waals surface area contributed by atoms with Crippen LogP contribution in [0.3, 0.4) is 0 Å². The molecule has 1 aliphatic carbocycles. The van der Waals surface area contributed by atoms with Gasteiger partial charge in [0.05, 0.1) is 5.69 Å². The molecule has 2 rings (SSSR count). The number of aromatic nitrogens is 2. The van der Waals surface area contributed by atoms with E-state index in [9.17, 15) is 0 Å². The summed E-state index contributed by atoms with van der Waals surface area (Å²) >= 11 is 1.57. The lowest BCUT2D eigenvalue weighted by Crippen LogP contribution is -2.05. The molecule has 0 aliphatic heterocycles. The monoisotopic (exact) mass is 417 g/mol. The molecule has 0 amide bonds. The van der Waals surface area contributed by atoms with Gasteiger partial charge in [0.25, 0.3) is 0 Å². The Morgan fingerprint density at radius 3 is 2.90 bits per heavy atom. The van der Waals surface area contributed by atoms with Gasteiger partial charge in [-0.15, -0.1) is 0 Å². The molecule has 0 bridgehead atoms. The Hall–Kier alpha value is -3.38. The van der Waals surface area contributed by atoms with Crippen LogP contribution in [0, 0.1) is 0 Å². The Morgan fingerprint density at radius 2 is 2.13 bits per heavy atom. The van der Waals surface area contributed by atoms with Gasteiger partial charge in [-0.1, -0.05) is 61.4 Å². The number of anilines is 2. The minimum Gasteiger partial charge on any atom is -0.368 e. The Balaban J connectivity index is 2.09. The van der Waals surface area contributed by atoms with Crippen LogP contribution < -0.4 is 11.1 Å². The zero-order valence-electron chi connectivity index (χ0n) is 17.4. The van der Waals surface area contributed by atoms with Crippen molar-refractivity contribution in [3.05, 3.63) is 101 Å². The predicted octanol–water partition coefficient (Wildman–Crippen LogP) is 6.20. The maximum absolute atomic E-state index is 5.94. The molecule has 0 spiro atoms. The number of nitrogens with zero attached hydrogens (tertiary/aromatic N) is 3. The third kappa shape index (κ3) is 7.93. The van der Waals surface area contributed by atoms with Gasteiger partial charge in [0.15, 0.2) is 0 Å². The van der Waals surface area contributed by atoms with Gasteiger partial charge in [-0.3, -0.25) is 4.99 Å². The van der Waals surface area contributed by atoms with Crippen LogP contribution in [0.15, 0.2) is 101 Å². The van der Waals surface area contributed by atoms with Gasteiger partial charge < -0.3 is 11.1 Å². The summed E-state index contributed by atoms with van der Waals surface area (Å²) in [4.78, 5) is 14.6. The lowest BCUT2D eigenvalue weighted by Gasteiger charge is -2.10. The minimum absolute atomic E-state index is 0.221. The molecule has 1 aromatic rings. The molecule has 0 fully saturated rings. The van der Waals surface area contributed by atoms with Crippen LogP contribution in [0.1, 0.15) is 26.0 Å². The number of rotatable bonds is 9. The van der Waals surface area contributed by atoms with E-state index in [4.69, 9.17) is 5.73 Å². The van der Waals surface area contributed by atoms with Crippen molar-refractivity contribution in [2.75, 3.05) is 11.1 Å². The van der Waals surface area contributed by atoms with Crippen molar-refractivity contribution in [1.29, 1.82) is 0 Å². The lowest BCUT2D eigenvalue weighted by atomic mass is 10.1. The van der Waals surface area contributed by atoms with Gasteiger partial charge >= 0.3 is 0 Å². The van der Waals surface area contributed by atoms with Crippen LogP contribution in [-0.2, 0) is 0 Å². The molecule has 1 aromatic heterocycles. The normalized spacial score (nSPS) is 14.8. The first-order chi connectivity index (χ1) is 14.5. The largest absolute Gasteiger partial charge is 0.368 e. The maximum atomic E-state index is 5.94. The number of aliphatic imine (C=N–C) groups is 1. The topological polar surface area (TPSA) is 76.2 Å². The molecule has 154 valence electrons. The van der Waals surface area contributed by atoms with Gasteiger partial charge in [-0.05, 0) is 43.4 Å². The van der Waals surface area contributed by atoms with Crippen LogP contribution >= 0.6 is 11.8 Å². The molecule has 1 heterocycles. The Kier molecular flexibility index (Phi) is 9.34. The fraction of sp³-hybridized carbons (Fsp3) is 0.125. The number of nitrogen functional groups attached to an aromatic ring is 1. The SMILES string of the molecule is C=CN=C/C=C(\C)SC(=C)/C=C\C(=C/C)Nc1cc(C2=CC=CCC=C2)nc(N)n1. The van der Waals surface area contributed by atoms with Gasteiger partial charge in [0, 0.05) is 34.7 Å². The highest BCUT2D eigenvalue weighted by molar-refractivity contribution is 8.06. The molecule has 1 aliphatic rings. The number of nitrogens with two attached hydrogens (primary N) is 1. The van der Waals surface area contributed by atoms with E-state index in [1.165, 1.54) is 6.20 Å². The van der Waals surface area contributed by atoms with E-state index in [0.29, 0.717) is 5.82 Å². The van der Waals surface area contributed by atoms with Gasteiger partial charge in [-0.2, -0.15) is 4.98 Å². The van der Waals surface area contributed by atoms with Gasteiger partial charge in [-0.25, -0.2) is 4.98 Å². The van der Waals surface area contributed by atoms with E-state index >= 15 is 0 Å². The second-order valence-corrected chi connectivity index (χ2v) is 7.59. The zero-order chi connectivity index (χ0) is 21.8. The Bertz CT molecular complexity index is 991. The zero-order valence-corrected chi connectivity index (χ0v) is 18.2. The summed E-state index contributed by atoms with van der Waals surface area (Å²) in [5, 5.41) is 3.29. The number of hydrogen-bond donors (Lipinski definition) is 2. The fourth-order valence-corrected chi connectivity index (χ4v) is 3.13. The highest BCUT2D eigenvalue weighted by Gasteiger charge is 2.07. The van der Waals surface area contributed by atoms with Crippen molar-refractivity contribution in [3.63, 3.8) is 0 Å². The molecule has 0 atom stereocenters. The third-order valence-electron chi connectivity index (χ3n) is 3.85. The highest BCUT2D eigenvalue weighted by atomic mass is 32.2. The molecule has 3 N–H and O–H groups in total. The molecule has 0 saturated heterocycles. The second-order valence-electron chi connectivity index (χ2n) is 6.21. The first-order valence-electron chi connectivity index (χ1n) is 9.49. The maximum Gasteiger partial charge on any atom is 0.222 e. The van der Waals surface area contributed by atoms with E-state index in [2.05, 4.69) is 45.6 Å². The summed E-state index contributed by atoms with van der Waals surface area (Å²) in [6, 6.07) is 1.89. The summed E-state index contributed by atoms with van der Waals surface area (Å²) in [6.45, 7) is 11.6. The molecular formula is C24H27N5S. The van der Waals surface area contributed by atoms with Crippen LogP contribution in [0.25, 0.3) is 5.57 Å². The lowest BCUT2D eigenvalue weighted by molar-refractivity contribution is 1.15.